The smallest absolute Gasteiger partial charge is 0.0532 e. The van der Waals surface area contributed by atoms with E-state index in [-0.39, 0.29) is 0 Å². The van der Waals surface area contributed by atoms with Gasteiger partial charge < -0.3 is 11.1 Å². The molecule has 4 N–H and O–H groups in total. The number of nitrogens with zero attached hydrogens (tertiary/aromatic N) is 1. The first-order valence-corrected chi connectivity index (χ1v) is 2.82. The van der Waals surface area contributed by atoms with Crippen LogP contribution in [-0.2, 0) is 6.54 Å². The highest BCUT2D eigenvalue weighted by Crippen LogP contribution is 1.89. The Morgan fingerprint density at radius 2 is 2.67 bits per heavy atom. The van der Waals surface area contributed by atoms with Gasteiger partial charge >= 0.3 is 0 Å². The summed E-state index contributed by atoms with van der Waals surface area (Å²) in [5.41, 5.74) is 6.33. The van der Waals surface area contributed by atoms with Crippen molar-refractivity contribution in [1.29, 1.82) is 0 Å². The lowest BCUT2D eigenvalue weighted by atomic mass is 10.4. The molecule has 50 valence electrons. The van der Waals surface area contributed by atoms with E-state index in [1.54, 1.807) is 6.20 Å². The first kappa shape index (κ1) is 6.25. The number of aromatic amines is 1. The Labute approximate surface area is 53.4 Å². The van der Waals surface area contributed by atoms with Gasteiger partial charge in [-0.3, -0.25) is 5.10 Å². The SMILES string of the molecule is NCNCc1cn[nH]c1. The van der Waals surface area contributed by atoms with E-state index in [9.17, 15) is 0 Å². The molecule has 1 rings (SSSR count). The minimum Gasteiger partial charge on any atom is -0.318 e. The van der Waals surface area contributed by atoms with Crippen molar-refractivity contribution >= 4 is 0 Å². The summed E-state index contributed by atoms with van der Waals surface area (Å²) in [6.07, 6.45) is 3.60. The third-order valence-electron chi connectivity index (χ3n) is 1.03. The maximum atomic E-state index is 5.20. The molecule has 0 aromatic carbocycles. The van der Waals surface area contributed by atoms with Crippen molar-refractivity contribution in [3.05, 3.63) is 18.0 Å². The van der Waals surface area contributed by atoms with Gasteiger partial charge in [0.15, 0.2) is 0 Å². The highest BCUT2D eigenvalue weighted by atomic mass is 15.1. The van der Waals surface area contributed by atoms with Gasteiger partial charge in [-0.2, -0.15) is 5.10 Å². The highest BCUT2D eigenvalue weighted by Gasteiger charge is 1.88. The molecule has 4 nitrogen and oxygen atoms in total. The second-order valence-electron chi connectivity index (χ2n) is 1.74. The van der Waals surface area contributed by atoms with Crippen LogP contribution < -0.4 is 11.1 Å². The molecule has 0 aliphatic carbocycles. The molecule has 0 amide bonds. The molecule has 0 aliphatic heterocycles. The molecule has 9 heavy (non-hydrogen) atoms. The summed E-state index contributed by atoms with van der Waals surface area (Å²) in [5, 5.41) is 9.45. The Morgan fingerprint density at radius 3 is 3.22 bits per heavy atom. The van der Waals surface area contributed by atoms with Crippen LogP contribution in [-0.4, -0.2) is 16.9 Å². The van der Waals surface area contributed by atoms with E-state index < -0.39 is 0 Å². The third-order valence-corrected chi connectivity index (χ3v) is 1.03. The first-order valence-electron chi connectivity index (χ1n) is 2.82. The Balaban J connectivity index is 2.30. The zero-order valence-electron chi connectivity index (χ0n) is 5.09. The molecule has 0 atom stereocenters. The highest BCUT2D eigenvalue weighted by molar-refractivity contribution is 5.01. The number of H-pyrrole nitrogens is 1. The summed E-state index contributed by atoms with van der Waals surface area (Å²) in [6, 6.07) is 0. The molecule has 0 saturated heterocycles. The van der Waals surface area contributed by atoms with E-state index >= 15 is 0 Å². The van der Waals surface area contributed by atoms with Gasteiger partial charge in [-0.15, -0.1) is 0 Å². The van der Waals surface area contributed by atoms with Gasteiger partial charge in [0, 0.05) is 25.0 Å². The second-order valence-corrected chi connectivity index (χ2v) is 1.74. The number of nitrogens with one attached hydrogen (secondary N) is 2. The van der Waals surface area contributed by atoms with Crippen LogP contribution >= 0.6 is 0 Å². The summed E-state index contributed by atoms with van der Waals surface area (Å²) in [4.78, 5) is 0. The van der Waals surface area contributed by atoms with E-state index in [0.29, 0.717) is 6.67 Å². The normalized spacial score (nSPS) is 9.89. The molecule has 4 heteroatoms. The quantitative estimate of drug-likeness (QED) is 0.474. The van der Waals surface area contributed by atoms with Crippen LogP contribution in [0.4, 0.5) is 0 Å². The second kappa shape index (κ2) is 3.21. The summed E-state index contributed by atoms with van der Waals surface area (Å²) in [5.74, 6) is 0. The molecule has 0 radical (unpaired) electrons. The topological polar surface area (TPSA) is 66.7 Å². The fourth-order valence-electron chi connectivity index (χ4n) is 0.591. The Kier molecular flexibility index (Phi) is 2.23. The number of hydrogen-bond donors (Lipinski definition) is 3. The van der Waals surface area contributed by atoms with Crippen LogP contribution in [0.1, 0.15) is 5.56 Å². The van der Waals surface area contributed by atoms with E-state index in [2.05, 4.69) is 15.5 Å². The van der Waals surface area contributed by atoms with E-state index in [4.69, 9.17) is 5.73 Å². The monoisotopic (exact) mass is 126 g/mol. The van der Waals surface area contributed by atoms with Crippen LogP contribution in [0.3, 0.4) is 0 Å². The van der Waals surface area contributed by atoms with Crippen molar-refractivity contribution in [2.75, 3.05) is 6.67 Å². The van der Waals surface area contributed by atoms with Gasteiger partial charge in [0.2, 0.25) is 0 Å². The largest absolute Gasteiger partial charge is 0.318 e. The molecule has 0 fully saturated rings. The number of hydrogen-bond acceptors (Lipinski definition) is 3. The van der Waals surface area contributed by atoms with Crippen molar-refractivity contribution in [3.63, 3.8) is 0 Å². The summed E-state index contributed by atoms with van der Waals surface area (Å²) >= 11 is 0. The van der Waals surface area contributed by atoms with Crippen LogP contribution in [0, 0.1) is 0 Å². The Hall–Kier alpha value is -0.870. The van der Waals surface area contributed by atoms with Crippen molar-refractivity contribution in [1.82, 2.24) is 15.5 Å². The zero-order valence-corrected chi connectivity index (χ0v) is 5.09. The molecule has 1 aromatic rings. The van der Waals surface area contributed by atoms with E-state index in [1.807, 2.05) is 6.20 Å². The lowest BCUT2D eigenvalue weighted by Gasteiger charge is -1.94. The van der Waals surface area contributed by atoms with Gasteiger partial charge in [0.25, 0.3) is 0 Å². The van der Waals surface area contributed by atoms with E-state index in [0.717, 1.165) is 12.1 Å². The van der Waals surface area contributed by atoms with Gasteiger partial charge in [0.05, 0.1) is 6.20 Å². The van der Waals surface area contributed by atoms with Gasteiger partial charge in [0.1, 0.15) is 0 Å². The molecule has 0 spiro atoms. The standard InChI is InChI=1S/C5H10N4/c6-4-7-1-5-2-8-9-3-5/h2-3,7H,1,4,6H2,(H,8,9). The van der Waals surface area contributed by atoms with Crippen LogP contribution in [0.5, 0.6) is 0 Å². The average molecular weight is 126 g/mol. The molecule has 1 aromatic heterocycles. The van der Waals surface area contributed by atoms with Crippen molar-refractivity contribution in [3.8, 4) is 0 Å². The fraction of sp³-hybridized carbons (Fsp3) is 0.400. The molecule has 0 bridgehead atoms. The third kappa shape index (κ3) is 1.83. The first-order chi connectivity index (χ1) is 4.43. The summed E-state index contributed by atoms with van der Waals surface area (Å²) < 4.78 is 0. The summed E-state index contributed by atoms with van der Waals surface area (Å²) in [6.45, 7) is 1.29. The molecule has 1 heterocycles. The van der Waals surface area contributed by atoms with Gasteiger partial charge in [-0.25, -0.2) is 0 Å². The van der Waals surface area contributed by atoms with Crippen molar-refractivity contribution in [2.45, 2.75) is 6.54 Å². The lowest BCUT2D eigenvalue weighted by molar-refractivity contribution is 0.709. The molecule has 0 saturated carbocycles. The Bertz CT molecular complexity index is 146. The minimum absolute atomic E-state index is 0.505. The molecular formula is C5H10N4. The van der Waals surface area contributed by atoms with Crippen LogP contribution in [0.15, 0.2) is 12.4 Å². The van der Waals surface area contributed by atoms with Crippen molar-refractivity contribution in [2.24, 2.45) is 5.73 Å². The van der Waals surface area contributed by atoms with E-state index in [1.165, 1.54) is 0 Å². The number of rotatable bonds is 3. The zero-order chi connectivity index (χ0) is 6.53. The lowest BCUT2D eigenvalue weighted by Crippen LogP contribution is -2.21. The predicted octanol–water partition coefficient (Wildman–Crippen LogP) is -0.585. The summed E-state index contributed by atoms with van der Waals surface area (Å²) in [7, 11) is 0. The van der Waals surface area contributed by atoms with Crippen LogP contribution in [0.2, 0.25) is 0 Å². The maximum Gasteiger partial charge on any atom is 0.0532 e. The minimum atomic E-state index is 0.505. The fourth-order valence-corrected chi connectivity index (χ4v) is 0.591. The maximum absolute atomic E-state index is 5.20. The average Bonchev–Trinajstić information content (AvgIpc) is 2.34. The van der Waals surface area contributed by atoms with Gasteiger partial charge in [-0.1, -0.05) is 0 Å². The molecule has 0 unspecified atom stereocenters. The Morgan fingerprint density at radius 1 is 1.78 bits per heavy atom. The van der Waals surface area contributed by atoms with Gasteiger partial charge in [-0.05, 0) is 0 Å². The van der Waals surface area contributed by atoms with Crippen LogP contribution in [0.25, 0.3) is 0 Å². The number of aromatic nitrogens is 2. The number of nitrogens with two attached hydrogens (primary N) is 1. The predicted molar refractivity (Wildman–Crippen MR) is 34.5 cm³/mol. The molecule has 0 aliphatic rings. The van der Waals surface area contributed by atoms with Crippen molar-refractivity contribution < 1.29 is 0 Å². The molecular weight excluding hydrogens is 116 g/mol.